The van der Waals surface area contributed by atoms with E-state index in [9.17, 15) is 14.9 Å². The first-order valence-corrected chi connectivity index (χ1v) is 7.54. The van der Waals surface area contributed by atoms with Gasteiger partial charge in [-0.25, -0.2) is 0 Å². The minimum absolute atomic E-state index is 0.0448. The molecule has 3 rings (SSSR count). The molecule has 1 heterocycles. The van der Waals surface area contributed by atoms with E-state index in [2.05, 4.69) is 4.98 Å². The number of methoxy groups -OCH3 is 2. The van der Waals surface area contributed by atoms with Crippen molar-refractivity contribution in [2.75, 3.05) is 14.2 Å². The van der Waals surface area contributed by atoms with Gasteiger partial charge in [-0.05, 0) is 30.3 Å². The molecule has 0 radical (unpaired) electrons. The van der Waals surface area contributed by atoms with Crippen molar-refractivity contribution in [1.29, 1.82) is 0 Å². The van der Waals surface area contributed by atoms with Gasteiger partial charge in [-0.15, -0.1) is 0 Å². The minimum atomic E-state index is -0.521. The molecular weight excluding hydrogens is 324 g/mol. The van der Waals surface area contributed by atoms with Crippen molar-refractivity contribution < 1.29 is 19.2 Å². The SMILES string of the molecule is COc1ccc2[nH]c(-c3ccc(CC=O)c([N+](=O)[O-])c3OC)cc2c1. The van der Waals surface area contributed by atoms with Gasteiger partial charge in [-0.1, -0.05) is 6.07 Å². The van der Waals surface area contributed by atoms with Crippen molar-refractivity contribution in [2.24, 2.45) is 0 Å². The largest absolute Gasteiger partial charge is 0.497 e. The zero-order valence-corrected chi connectivity index (χ0v) is 13.7. The highest BCUT2D eigenvalue weighted by atomic mass is 16.6. The van der Waals surface area contributed by atoms with Crippen LogP contribution in [0.5, 0.6) is 11.5 Å². The van der Waals surface area contributed by atoms with Crippen LogP contribution >= 0.6 is 0 Å². The number of nitro groups is 1. The number of nitrogens with zero attached hydrogens (tertiary/aromatic N) is 1. The third-order valence-electron chi connectivity index (χ3n) is 4.02. The summed E-state index contributed by atoms with van der Waals surface area (Å²) in [6, 6.07) is 10.7. The van der Waals surface area contributed by atoms with E-state index in [1.54, 1.807) is 19.2 Å². The number of fused-ring (bicyclic) bond motifs is 1. The van der Waals surface area contributed by atoms with E-state index in [0.29, 0.717) is 23.1 Å². The fourth-order valence-corrected chi connectivity index (χ4v) is 2.87. The smallest absolute Gasteiger partial charge is 0.315 e. The molecule has 7 nitrogen and oxygen atoms in total. The van der Waals surface area contributed by atoms with Gasteiger partial charge in [0, 0.05) is 28.5 Å². The number of carbonyl (C=O) groups is 1. The van der Waals surface area contributed by atoms with E-state index in [4.69, 9.17) is 9.47 Å². The van der Waals surface area contributed by atoms with Gasteiger partial charge in [0.05, 0.1) is 24.8 Å². The van der Waals surface area contributed by atoms with Gasteiger partial charge in [-0.2, -0.15) is 0 Å². The Morgan fingerprint density at radius 1 is 1.16 bits per heavy atom. The number of benzene rings is 2. The summed E-state index contributed by atoms with van der Waals surface area (Å²) in [5, 5.41) is 12.4. The molecule has 0 spiro atoms. The molecule has 1 aromatic heterocycles. The molecule has 128 valence electrons. The Bertz CT molecular complexity index is 961. The second kappa shape index (κ2) is 6.64. The highest BCUT2D eigenvalue weighted by Gasteiger charge is 2.25. The molecule has 0 bridgehead atoms. The lowest BCUT2D eigenvalue weighted by atomic mass is 10.0. The fourth-order valence-electron chi connectivity index (χ4n) is 2.87. The molecule has 0 atom stereocenters. The standard InChI is InChI=1S/C18H16N2O5/c1-24-13-4-6-15-12(9-13)10-16(19-15)14-5-3-11(7-8-21)17(20(22)23)18(14)25-2/h3-6,8-10,19H,7H2,1-2H3. The van der Waals surface area contributed by atoms with Gasteiger partial charge in [0.25, 0.3) is 0 Å². The summed E-state index contributed by atoms with van der Waals surface area (Å²) >= 11 is 0. The van der Waals surface area contributed by atoms with Crippen LogP contribution in [0.4, 0.5) is 5.69 Å². The quantitative estimate of drug-likeness (QED) is 0.421. The van der Waals surface area contributed by atoms with E-state index >= 15 is 0 Å². The maximum Gasteiger partial charge on any atom is 0.315 e. The number of carbonyl (C=O) groups excluding carboxylic acids is 1. The predicted molar refractivity (Wildman–Crippen MR) is 93.3 cm³/mol. The summed E-state index contributed by atoms with van der Waals surface area (Å²) in [5.41, 5.74) is 2.24. The van der Waals surface area contributed by atoms with E-state index in [0.717, 1.165) is 16.7 Å². The Morgan fingerprint density at radius 3 is 2.60 bits per heavy atom. The Labute approximate surface area is 143 Å². The highest BCUT2D eigenvalue weighted by Crippen LogP contribution is 2.41. The first-order chi connectivity index (χ1) is 12.1. The average molecular weight is 340 g/mol. The van der Waals surface area contributed by atoms with Crippen LogP contribution in [-0.4, -0.2) is 30.4 Å². The Balaban J connectivity index is 2.21. The van der Waals surface area contributed by atoms with Crippen molar-refractivity contribution in [3.63, 3.8) is 0 Å². The normalized spacial score (nSPS) is 10.6. The number of hydrogen-bond donors (Lipinski definition) is 1. The van der Waals surface area contributed by atoms with Crippen molar-refractivity contribution >= 4 is 22.9 Å². The third-order valence-corrected chi connectivity index (χ3v) is 4.02. The molecule has 0 saturated heterocycles. The Hall–Kier alpha value is -3.35. The number of nitrogens with one attached hydrogen (secondary N) is 1. The van der Waals surface area contributed by atoms with Crippen molar-refractivity contribution in [3.05, 3.63) is 52.1 Å². The minimum Gasteiger partial charge on any atom is -0.497 e. The number of rotatable bonds is 6. The van der Waals surface area contributed by atoms with E-state index < -0.39 is 4.92 Å². The maximum absolute atomic E-state index is 11.5. The molecule has 25 heavy (non-hydrogen) atoms. The predicted octanol–water partition coefficient (Wildman–Crippen LogP) is 3.50. The van der Waals surface area contributed by atoms with Crippen LogP contribution < -0.4 is 9.47 Å². The van der Waals surface area contributed by atoms with Gasteiger partial charge in [0.1, 0.15) is 12.0 Å². The zero-order valence-electron chi connectivity index (χ0n) is 13.7. The second-order valence-corrected chi connectivity index (χ2v) is 5.42. The maximum atomic E-state index is 11.5. The van der Waals surface area contributed by atoms with Crippen LogP contribution in [0.1, 0.15) is 5.56 Å². The number of hydrogen-bond acceptors (Lipinski definition) is 5. The summed E-state index contributed by atoms with van der Waals surface area (Å²) in [6.07, 6.45) is 0.591. The van der Waals surface area contributed by atoms with Gasteiger partial charge >= 0.3 is 5.69 Å². The molecule has 0 unspecified atom stereocenters. The first-order valence-electron chi connectivity index (χ1n) is 7.54. The van der Waals surface area contributed by atoms with Gasteiger partial charge in [0.15, 0.2) is 0 Å². The van der Waals surface area contributed by atoms with E-state index in [1.165, 1.54) is 7.11 Å². The second-order valence-electron chi connectivity index (χ2n) is 5.42. The molecule has 3 aromatic rings. The lowest BCUT2D eigenvalue weighted by Crippen LogP contribution is -2.01. The summed E-state index contributed by atoms with van der Waals surface area (Å²) in [6.45, 7) is 0. The highest BCUT2D eigenvalue weighted by molar-refractivity contribution is 5.89. The van der Waals surface area contributed by atoms with Gasteiger partial charge < -0.3 is 19.3 Å². The number of ether oxygens (including phenoxy) is 2. The summed E-state index contributed by atoms with van der Waals surface area (Å²) in [4.78, 5) is 25.0. The van der Waals surface area contributed by atoms with E-state index in [1.807, 2.05) is 24.3 Å². The van der Waals surface area contributed by atoms with Crippen LogP contribution in [0, 0.1) is 10.1 Å². The zero-order chi connectivity index (χ0) is 18.0. The molecule has 0 aliphatic carbocycles. The monoisotopic (exact) mass is 340 g/mol. The molecule has 0 fully saturated rings. The first kappa shape index (κ1) is 16.5. The van der Waals surface area contributed by atoms with Gasteiger partial charge in [-0.3, -0.25) is 10.1 Å². The number of nitro benzene ring substituents is 1. The molecular formula is C18H16N2O5. The topological polar surface area (TPSA) is 94.5 Å². The molecule has 0 aliphatic heterocycles. The third kappa shape index (κ3) is 2.91. The average Bonchev–Trinajstić information content (AvgIpc) is 3.03. The lowest BCUT2D eigenvalue weighted by molar-refractivity contribution is -0.386. The fraction of sp³-hybridized carbons (Fsp3) is 0.167. The molecule has 0 saturated carbocycles. The number of H-pyrrole nitrogens is 1. The van der Waals surface area contributed by atoms with Crippen LogP contribution in [0.2, 0.25) is 0 Å². The lowest BCUT2D eigenvalue weighted by Gasteiger charge is -2.10. The van der Waals surface area contributed by atoms with Crippen LogP contribution in [0.15, 0.2) is 36.4 Å². The van der Waals surface area contributed by atoms with Crippen molar-refractivity contribution in [3.8, 4) is 22.8 Å². The number of aromatic amines is 1. The van der Waals surface area contributed by atoms with Crippen molar-refractivity contribution in [2.45, 2.75) is 6.42 Å². The van der Waals surface area contributed by atoms with Crippen LogP contribution in [-0.2, 0) is 11.2 Å². The van der Waals surface area contributed by atoms with Gasteiger partial charge in [0.2, 0.25) is 5.75 Å². The van der Waals surface area contributed by atoms with Crippen LogP contribution in [0.3, 0.4) is 0 Å². The molecule has 0 amide bonds. The summed E-state index contributed by atoms with van der Waals surface area (Å²) in [5.74, 6) is 0.847. The van der Waals surface area contributed by atoms with E-state index in [-0.39, 0.29) is 17.9 Å². The molecule has 1 N–H and O–H groups in total. The number of aldehydes is 1. The molecule has 0 aliphatic rings. The molecule has 7 heteroatoms. The Morgan fingerprint density at radius 2 is 1.96 bits per heavy atom. The van der Waals surface area contributed by atoms with Crippen molar-refractivity contribution in [1.82, 2.24) is 4.98 Å². The molecule has 2 aromatic carbocycles. The summed E-state index contributed by atoms with van der Waals surface area (Å²) < 4.78 is 10.5. The number of aromatic nitrogens is 1. The summed E-state index contributed by atoms with van der Waals surface area (Å²) in [7, 11) is 2.97. The Kier molecular flexibility index (Phi) is 4.38. The van der Waals surface area contributed by atoms with Crippen LogP contribution in [0.25, 0.3) is 22.2 Å².